The molecule has 0 spiro atoms. The Hall–Kier alpha value is -0.610. The van der Waals surface area contributed by atoms with E-state index in [4.69, 9.17) is 5.11 Å². The minimum atomic E-state index is -0.0505. The monoisotopic (exact) mass is 270 g/mol. The highest BCUT2D eigenvalue weighted by Gasteiger charge is 2.31. The summed E-state index contributed by atoms with van der Waals surface area (Å²) in [6.45, 7) is 7.47. The second kappa shape index (κ2) is 8.54. The molecule has 112 valence electrons. The molecule has 0 aromatic heterocycles. The maximum Gasteiger partial charge on any atom is 0.237 e. The molecule has 1 aliphatic heterocycles. The van der Waals surface area contributed by atoms with Gasteiger partial charge in [0.05, 0.1) is 6.04 Å². The van der Waals surface area contributed by atoms with Gasteiger partial charge in [-0.3, -0.25) is 9.69 Å². The number of rotatable bonds is 8. The van der Waals surface area contributed by atoms with Crippen LogP contribution in [0, 0.1) is 0 Å². The fourth-order valence-electron chi connectivity index (χ4n) is 3.02. The number of carbonyl (C=O) groups is 1. The van der Waals surface area contributed by atoms with Crippen molar-refractivity contribution in [2.75, 3.05) is 13.2 Å². The SMILES string of the molecule is CCCC(C)NC(=O)C(C)N1CCCC1CCCO. The summed E-state index contributed by atoms with van der Waals surface area (Å²) in [5.74, 6) is 0.150. The Bertz CT molecular complexity index is 271. The van der Waals surface area contributed by atoms with Gasteiger partial charge in [0.1, 0.15) is 0 Å². The first-order chi connectivity index (χ1) is 9.10. The van der Waals surface area contributed by atoms with Gasteiger partial charge in [-0.05, 0) is 52.5 Å². The summed E-state index contributed by atoms with van der Waals surface area (Å²) in [7, 11) is 0. The number of nitrogens with zero attached hydrogens (tertiary/aromatic N) is 1. The van der Waals surface area contributed by atoms with Crippen molar-refractivity contribution in [3.05, 3.63) is 0 Å². The molecule has 3 unspecified atom stereocenters. The van der Waals surface area contributed by atoms with Crippen molar-refractivity contribution in [2.45, 2.75) is 77.4 Å². The smallest absolute Gasteiger partial charge is 0.237 e. The van der Waals surface area contributed by atoms with Crippen LogP contribution in [-0.4, -0.2) is 47.2 Å². The number of amides is 1. The molecule has 4 nitrogen and oxygen atoms in total. The van der Waals surface area contributed by atoms with Gasteiger partial charge in [0.25, 0.3) is 0 Å². The Morgan fingerprint density at radius 1 is 1.47 bits per heavy atom. The number of aliphatic hydroxyl groups is 1. The molecule has 1 amide bonds. The van der Waals surface area contributed by atoms with Gasteiger partial charge < -0.3 is 10.4 Å². The minimum absolute atomic E-state index is 0.0505. The highest BCUT2D eigenvalue weighted by Crippen LogP contribution is 2.23. The Morgan fingerprint density at radius 2 is 2.21 bits per heavy atom. The highest BCUT2D eigenvalue weighted by atomic mass is 16.3. The molecule has 19 heavy (non-hydrogen) atoms. The van der Waals surface area contributed by atoms with E-state index in [2.05, 4.69) is 24.1 Å². The molecule has 0 aromatic carbocycles. The minimum Gasteiger partial charge on any atom is -0.396 e. The zero-order valence-corrected chi connectivity index (χ0v) is 12.7. The number of aliphatic hydroxyl groups excluding tert-OH is 1. The van der Waals surface area contributed by atoms with E-state index in [0.717, 1.165) is 45.1 Å². The van der Waals surface area contributed by atoms with Crippen LogP contribution >= 0.6 is 0 Å². The molecule has 2 N–H and O–H groups in total. The Balaban J connectivity index is 2.45. The van der Waals surface area contributed by atoms with Crippen molar-refractivity contribution in [1.29, 1.82) is 0 Å². The fraction of sp³-hybridized carbons (Fsp3) is 0.933. The summed E-state index contributed by atoms with van der Waals surface area (Å²) in [5.41, 5.74) is 0. The predicted molar refractivity (Wildman–Crippen MR) is 78.0 cm³/mol. The van der Waals surface area contributed by atoms with Gasteiger partial charge in [-0.25, -0.2) is 0 Å². The van der Waals surface area contributed by atoms with Crippen molar-refractivity contribution in [3.8, 4) is 0 Å². The third kappa shape index (κ3) is 5.11. The van der Waals surface area contributed by atoms with Gasteiger partial charge in [0.15, 0.2) is 0 Å². The standard InChI is InChI=1S/C15H30N2O2/c1-4-7-12(2)16-15(19)13(3)17-10-5-8-14(17)9-6-11-18/h12-14,18H,4-11H2,1-3H3,(H,16,19). The topological polar surface area (TPSA) is 52.6 Å². The molecule has 0 aromatic rings. The van der Waals surface area contributed by atoms with E-state index in [-0.39, 0.29) is 24.6 Å². The first-order valence-electron chi connectivity index (χ1n) is 7.77. The maximum absolute atomic E-state index is 12.2. The maximum atomic E-state index is 12.2. The Kier molecular flexibility index (Phi) is 7.39. The van der Waals surface area contributed by atoms with Crippen LogP contribution in [0.15, 0.2) is 0 Å². The number of carbonyl (C=O) groups excluding carboxylic acids is 1. The second-order valence-corrected chi connectivity index (χ2v) is 5.77. The first-order valence-corrected chi connectivity index (χ1v) is 7.77. The van der Waals surface area contributed by atoms with E-state index in [0.29, 0.717) is 6.04 Å². The summed E-state index contributed by atoms with van der Waals surface area (Å²) in [6, 6.07) is 0.679. The molecule has 3 atom stereocenters. The molecule has 0 aliphatic carbocycles. The molecule has 4 heteroatoms. The van der Waals surface area contributed by atoms with Crippen LogP contribution in [0.25, 0.3) is 0 Å². The summed E-state index contributed by atoms with van der Waals surface area (Å²) in [6.07, 6.45) is 6.28. The molecule has 1 saturated heterocycles. The van der Waals surface area contributed by atoms with Gasteiger partial charge in [-0.2, -0.15) is 0 Å². The molecule has 1 rings (SSSR count). The zero-order chi connectivity index (χ0) is 14.3. The lowest BCUT2D eigenvalue weighted by Crippen LogP contribution is -2.49. The van der Waals surface area contributed by atoms with Crippen LogP contribution < -0.4 is 5.32 Å². The fourth-order valence-corrected chi connectivity index (χ4v) is 3.02. The number of likely N-dealkylation sites (tertiary alicyclic amines) is 1. The van der Waals surface area contributed by atoms with Crippen LogP contribution in [0.1, 0.15) is 59.3 Å². The molecule has 1 fully saturated rings. The number of hydrogen-bond acceptors (Lipinski definition) is 3. The van der Waals surface area contributed by atoms with Crippen LogP contribution in [0.5, 0.6) is 0 Å². The summed E-state index contributed by atoms with van der Waals surface area (Å²) in [4.78, 5) is 14.5. The number of nitrogens with one attached hydrogen (secondary N) is 1. The summed E-state index contributed by atoms with van der Waals surface area (Å²) in [5, 5.41) is 12.0. The van der Waals surface area contributed by atoms with Crippen LogP contribution in [0.2, 0.25) is 0 Å². The Morgan fingerprint density at radius 3 is 2.84 bits per heavy atom. The van der Waals surface area contributed by atoms with E-state index in [1.807, 2.05) is 6.92 Å². The zero-order valence-electron chi connectivity index (χ0n) is 12.7. The van der Waals surface area contributed by atoms with Gasteiger partial charge >= 0.3 is 0 Å². The predicted octanol–water partition coefficient (Wildman–Crippen LogP) is 1.92. The largest absolute Gasteiger partial charge is 0.396 e. The van der Waals surface area contributed by atoms with E-state index in [1.165, 1.54) is 0 Å². The summed E-state index contributed by atoms with van der Waals surface area (Å²) < 4.78 is 0. The van der Waals surface area contributed by atoms with Gasteiger partial charge in [0.2, 0.25) is 5.91 Å². The molecule has 1 heterocycles. The van der Waals surface area contributed by atoms with Crippen LogP contribution in [-0.2, 0) is 4.79 Å². The lowest BCUT2D eigenvalue weighted by Gasteiger charge is -2.30. The normalized spacial score (nSPS) is 23.3. The lowest BCUT2D eigenvalue weighted by molar-refractivity contribution is -0.126. The van der Waals surface area contributed by atoms with E-state index >= 15 is 0 Å². The van der Waals surface area contributed by atoms with E-state index in [1.54, 1.807) is 0 Å². The van der Waals surface area contributed by atoms with Gasteiger partial charge in [-0.1, -0.05) is 13.3 Å². The van der Waals surface area contributed by atoms with Crippen molar-refractivity contribution >= 4 is 5.91 Å². The van der Waals surface area contributed by atoms with Crippen LogP contribution in [0.3, 0.4) is 0 Å². The first kappa shape index (κ1) is 16.4. The lowest BCUT2D eigenvalue weighted by atomic mass is 10.1. The highest BCUT2D eigenvalue weighted by molar-refractivity contribution is 5.81. The molecule has 1 aliphatic rings. The van der Waals surface area contributed by atoms with Crippen molar-refractivity contribution in [3.63, 3.8) is 0 Å². The third-order valence-electron chi connectivity index (χ3n) is 4.11. The second-order valence-electron chi connectivity index (χ2n) is 5.77. The van der Waals surface area contributed by atoms with E-state index < -0.39 is 0 Å². The summed E-state index contributed by atoms with van der Waals surface area (Å²) >= 11 is 0. The average Bonchev–Trinajstić information content (AvgIpc) is 2.83. The molecular formula is C15H30N2O2. The average molecular weight is 270 g/mol. The van der Waals surface area contributed by atoms with Gasteiger partial charge in [-0.15, -0.1) is 0 Å². The van der Waals surface area contributed by atoms with Crippen molar-refractivity contribution in [2.24, 2.45) is 0 Å². The number of hydrogen-bond donors (Lipinski definition) is 2. The molecular weight excluding hydrogens is 240 g/mol. The Labute approximate surface area is 117 Å². The van der Waals surface area contributed by atoms with Crippen molar-refractivity contribution < 1.29 is 9.90 Å². The molecule has 0 bridgehead atoms. The molecule has 0 saturated carbocycles. The van der Waals surface area contributed by atoms with E-state index in [9.17, 15) is 4.79 Å². The van der Waals surface area contributed by atoms with Gasteiger partial charge in [0, 0.05) is 18.7 Å². The third-order valence-corrected chi connectivity index (χ3v) is 4.11. The van der Waals surface area contributed by atoms with Crippen molar-refractivity contribution in [1.82, 2.24) is 10.2 Å². The quantitative estimate of drug-likeness (QED) is 0.708. The molecule has 0 radical (unpaired) electrons. The van der Waals surface area contributed by atoms with Crippen LogP contribution in [0.4, 0.5) is 0 Å².